The molecule has 112 valence electrons. The van der Waals surface area contributed by atoms with Crippen LogP contribution in [0.3, 0.4) is 0 Å². The highest BCUT2D eigenvalue weighted by Crippen LogP contribution is 2.53. The molecule has 2 unspecified atom stereocenters. The molecule has 0 N–H and O–H groups in total. The van der Waals surface area contributed by atoms with E-state index in [0.29, 0.717) is 29.6 Å². The Morgan fingerprint density at radius 1 is 1.10 bits per heavy atom. The Hall–Kier alpha value is -1.02. The number of halogens is 1. The highest BCUT2D eigenvalue weighted by Gasteiger charge is 2.50. The van der Waals surface area contributed by atoms with Crippen molar-refractivity contribution < 1.29 is 9.59 Å². The van der Waals surface area contributed by atoms with E-state index in [2.05, 4.69) is 26.1 Å². The lowest BCUT2D eigenvalue weighted by Gasteiger charge is -2.37. The van der Waals surface area contributed by atoms with Gasteiger partial charge in [-0.1, -0.05) is 11.3 Å². The summed E-state index contributed by atoms with van der Waals surface area (Å²) in [5.74, 6) is 0.897. The molecule has 2 amide bonds. The minimum atomic E-state index is -0.395. The molecule has 3 fully saturated rings. The van der Waals surface area contributed by atoms with Crippen molar-refractivity contribution in [3.63, 3.8) is 0 Å². The van der Waals surface area contributed by atoms with E-state index in [0.717, 1.165) is 29.7 Å². The molecule has 0 aromatic carbocycles. The van der Waals surface area contributed by atoms with Crippen molar-refractivity contribution >= 4 is 39.1 Å². The van der Waals surface area contributed by atoms with Crippen LogP contribution < -0.4 is 0 Å². The smallest absolute Gasteiger partial charge is 0.312 e. The predicted molar refractivity (Wildman–Crippen MR) is 79.4 cm³/mol. The van der Waals surface area contributed by atoms with Gasteiger partial charge in [0.2, 0.25) is 0 Å². The zero-order valence-electron chi connectivity index (χ0n) is 11.4. The number of fused-ring (bicyclic) bond motifs is 1. The van der Waals surface area contributed by atoms with Crippen LogP contribution in [0.15, 0.2) is 3.92 Å². The summed E-state index contributed by atoms with van der Waals surface area (Å²) in [7, 11) is 0. The predicted octanol–water partition coefficient (Wildman–Crippen LogP) is 1.27. The monoisotopic (exact) mass is 370 g/mol. The van der Waals surface area contributed by atoms with E-state index < -0.39 is 5.91 Å². The molecular weight excluding hydrogens is 356 g/mol. The third-order valence-electron chi connectivity index (χ3n) is 4.77. The molecule has 1 aromatic rings. The molecule has 6 nitrogen and oxygen atoms in total. The maximum Gasteiger partial charge on any atom is 0.312 e. The Bertz CT molecular complexity index is 597. The number of hydrogen-bond acceptors (Lipinski definition) is 5. The van der Waals surface area contributed by atoms with E-state index in [9.17, 15) is 9.59 Å². The fourth-order valence-electron chi connectivity index (χ4n) is 3.59. The summed E-state index contributed by atoms with van der Waals surface area (Å²) in [5.41, 5.74) is 0. The molecule has 1 aromatic heterocycles. The SMILES string of the molecule is O=C1C(=O)N(C2CC3CC3C2)CCN1Cc1nnc(Br)s1. The fourth-order valence-corrected chi connectivity index (χ4v) is 4.80. The zero-order chi connectivity index (χ0) is 14.6. The van der Waals surface area contributed by atoms with Crippen LogP contribution in [0, 0.1) is 11.8 Å². The van der Waals surface area contributed by atoms with Crippen molar-refractivity contribution in [2.24, 2.45) is 11.8 Å². The minimum absolute atomic E-state index is 0.294. The Morgan fingerprint density at radius 2 is 1.86 bits per heavy atom. The molecule has 2 saturated carbocycles. The van der Waals surface area contributed by atoms with Crippen LogP contribution >= 0.6 is 27.3 Å². The molecule has 2 heterocycles. The largest absolute Gasteiger partial charge is 0.330 e. The summed E-state index contributed by atoms with van der Waals surface area (Å²) < 4.78 is 0.695. The molecule has 1 aliphatic heterocycles. The highest BCUT2D eigenvalue weighted by atomic mass is 79.9. The first-order valence-electron chi connectivity index (χ1n) is 7.19. The minimum Gasteiger partial charge on any atom is -0.330 e. The van der Waals surface area contributed by atoms with Gasteiger partial charge in [-0.3, -0.25) is 9.59 Å². The average Bonchev–Trinajstić information content (AvgIpc) is 2.87. The third kappa shape index (κ3) is 2.48. The average molecular weight is 371 g/mol. The molecule has 2 aliphatic carbocycles. The van der Waals surface area contributed by atoms with Crippen molar-refractivity contribution in [1.29, 1.82) is 0 Å². The van der Waals surface area contributed by atoms with Gasteiger partial charge in [0.15, 0.2) is 3.92 Å². The Balaban J connectivity index is 1.41. The van der Waals surface area contributed by atoms with Crippen molar-refractivity contribution in [2.75, 3.05) is 13.1 Å². The molecule has 21 heavy (non-hydrogen) atoms. The van der Waals surface area contributed by atoms with Crippen LogP contribution in [0.4, 0.5) is 0 Å². The number of carbonyl (C=O) groups excluding carboxylic acids is 2. The lowest BCUT2D eigenvalue weighted by molar-refractivity contribution is -0.158. The second-order valence-electron chi connectivity index (χ2n) is 6.06. The normalized spacial score (nSPS) is 31.8. The Kier molecular flexibility index (Phi) is 3.25. The lowest BCUT2D eigenvalue weighted by atomic mass is 10.1. The van der Waals surface area contributed by atoms with E-state index in [1.54, 1.807) is 9.80 Å². The van der Waals surface area contributed by atoms with Gasteiger partial charge >= 0.3 is 11.8 Å². The number of amides is 2. The summed E-state index contributed by atoms with van der Waals surface area (Å²) in [4.78, 5) is 28.0. The maximum atomic E-state index is 12.3. The second-order valence-corrected chi connectivity index (χ2v) is 8.39. The van der Waals surface area contributed by atoms with Crippen LogP contribution in [0.25, 0.3) is 0 Å². The van der Waals surface area contributed by atoms with Crippen molar-refractivity contribution in [3.8, 4) is 0 Å². The van der Waals surface area contributed by atoms with E-state index >= 15 is 0 Å². The first-order chi connectivity index (χ1) is 10.1. The molecule has 0 radical (unpaired) electrons. The molecule has 3 aliphatic rings. The van der Waals surface area contributed by atoms with Gasteiger partial charge in [-0.05, 0) is 47.0 Å². The van der Waals surface area contributed by atoms with Gasteiger partial charge in [-0.25, -0.2) is 0 Å². The van der Waals surface area contributed by atoms with Gasteiger partial charge in [0.25, 0.3) is 0 Å². The molecule has 8 heteroatoms. The summed E-state index contributed by atoms with van der Waals surface area (Å²) in [6.45, 7) is 1.61. The van der Waals surface area contributed by atoms with E-state index in [4.69, 9.17) is 0 Å². The summed E-state index contributed by atoms with van der Waals surface area (Å²) in [6, 6.07) is 0.294. The van der Waals surface area contributed by atoms with Crippen LogP contribution in [0.2, 0.25) is 0 Å². The van der Waals surface area contributed by atoms with E-state index in [-0.39, 0.29) is 5.91 Å². The highest BCUT2D eigenvalue weighted by molar-refractivity contribution is 9.11. The molecule has 1 saturated heterocycles. The van der Waals surface area contributed by atoms with Crippen LogP contribution in [0.5, 0.6) is 0 Å². The summed E-state index contributed by atoms with van der Waals surface area (Å²) in [5, 5.41) is 8.60. The van der Waals surface area contributed by atoms with Crippen LogP contribution in [-0.4, -0.2) is 50.9 Å². The molecule has 2 atom stereocenters. The van der Waals surface area contributed by atoms with Crippen molar-refractivity contribution in [2.45, 2.75) is 31.8 Å². The van der Waals surface area contributed by atoms with Crippen LogP contribution in [-0.2, 0) is 16.1 Å². The maximum absolute atomic E-state index is 12.3. The fraction of sp³-hybridized carbons (Fsp3) is 0.692. The summed E-state index contributed by atoms with van der Waals surface area (Å²) in [6.07, 6.45) is 3.50. The molecular formula is C13H15BrN4O2S. The van der Waals surface area contributed by atoms with Crippen molar-refractivity contribution in [3.05, 3.63) is 8.92 Å². The number of rotatable bonds is 3. The van der Waals surface area contributed by atoms with Gasteiger partial charge < -0.3 is 9.80 Å². The second kappa shape index (κ2) is 5.01. The quantitative estimate of drug-likeness (QED) is 0.751. The van der Waals surface area contributed by atoms with Crippen LogP contribution in [0.1, 0.15) is 24.3 Å². The van der Waals surface area contributed by atoms with Gasteiger partial charge in [0.05, 0.1) is 6.54 Å². The first-order valence-corrected chi connectivity index (χ1v) is 8.80. The standard InChI is InChI=1S/C13H15BrN4O2S/c14-13-16-15-10(21-13)6-17-1-2-18(12(20)11(17)19)9-4-7-3-8(7)5-9/h7-9H,1-6H2. The molecule has 0 bridgehead atoms. The number of carbonyl (C=O) groups is 2. The zero-order valence-corrected chi connectivity index (χ0v) is 13.8. The third-order valence-corrected chi connectivity index (χ3v) is 6.11. The number of piperazine rings is 1. The van der Waals surface area contributed by atoms with E-state index in [1.165, 1.54) is 17.8 Å². The molecule has 0 spiro atoms. The van der Waals surface area contributed by atoms with Gasteiger partial charge in [0, 0.05) is 19.1 Å². The van der Waals surface area contributed by atoms with E-state index in [1.807, 2.05) is 0 Å². The number of aromatic nitrogens is 2. The molecule has 4 rings (SSSR count). The first kappa shape index (κ1) is 13.6. The topological polar surface area (TPSA) is 66.4 Å². The number of hydrogen-bond donors (Lipinski definition) is 0. The van der Waals surface area contributed by atoms with Gasteiger partial charge in [-0.2, -0.15) is 0 Å². The summed E-state index contributed by atoms with van der Waals surface area (Å²) >= 11 is 4.65. The Morgan fingerprint density at radius 3 is 2.52 bits per heavy atom. The van der Waals surface area contributed by atoms with Gasteiger partial charge in [0.1, 0.15) is 5.01 Å². The van der Waals surface area contributed by atoms with Gasteiger partial charge in [-0.15, -0.1) is 10.2 Å². The number of nitrogens with zero attached hydrogens (tertiary/aromatic N) is 4. The lowest BCUT2D eigenvalue weighted by Crippen LogP contribution is -2.56. The van der Waals surface area contributed by atoms with Crippen molar-refractivity contribution in [1.82, 2.24) is 20.0 Å². The Labute approximate surface area is 134 Å².